The maximum Gasteiger partial charge on any atom is 0.252 e. The Morgan fingerprint density at radius 1 is 0.375 bits per heavy atom. The Balaban J connectivity index is 0.000000340. The third kappa shape index (κ3) is 12.5. The van der Waals surface area contributed by atoms with Crippen molar-refractivity contribution in [3.05, 3.63) is 190 Å². The normalized spacial score (nSPS) is 10.0. The minimum Gasteiger partial charge on any atom is -0.366 e. The van der Waals surface area contributed by atoms with Gasteiger partial charge in [-0.3, -0.25) is 49.2 Å². The van der Waals surface area contributed by atoms with Gasteiger partial charge < -0.3 is 44.2 Å². The molecule has 0 aliphatic rings. The summed E-state index contributed by atoms with van der Waals surface area (Å²) in [5.41, 5.74) is 22.5. The lowest BCUT2D eigenvalue weighted by Crippen LogP contribution is -2.28. The molecule has 0 bridgehead atoms. The van der Waals surface area contributed by atoms with E-state index in [1.54, 1.807) is 0 Å². The average Bonchev–Trinajstić information content (AvgIpc) is 3.29. The number of carbonyl (C=O) groups is 8. The van der Waals surface area contributed by atoms with E-state index in [-0.39, 0.29) is 82.1 Å². The topological polar surface area (TPSA) is 336 Å². The van der Waals surface area contributed by atoms with Crippen molar-refractivity contribution in [2.24, 2.45) is 22.9 Å². The Bertz CT molecular complexity index is 2280. The summed E-state index contributed by atoms with van der Waals surface area (Å²) >= 11 is 0. The number of primary amides is 4. The quantitative estimate of drug-likeness (QED) is 0.0463. The second-order valence-corrected chi connectivity index (χ2v) is 13.2. The molecular formula is C46H46N10O8. The molecule has 18 heteroatoms. The summed E-state index contributed by atoms with van der Waals surface area (Å²) < 4.78 is 0. The molecule has 0 unspecified atom stereocenters. The van der Waals surface area contributed by atoms with E-state index in [4.69, 9.17) is 33.8 Å². The number of hydrogen-bond acceptors (Lipinski definition) is 10. The first-order chi connectivity index (χ1) is 30.4. The monoisotopic (exact) mass is 866 g/mol. The average molecular weight is 867 g/mol. The lowest BCUT2D eigenvalue weighted by Gasteiger charge is -2.13. The Kier molecular flexibility index (Phi) is 17.8. The fraction of sp³-hybridized carbons (Fsp3) is 0.0870. The van der Waals surface area contributed by atoms with Crippen molar-refractivity contribution in [2.75, 3.05) is 26.2 Å². The van der Waals surface area contributed by atoms with Crippen LogP contribution in [0.5, 0.6) is 0 Å². The molecule has 0 aliphatic heterocycles. The van der Waals surface area contributed by atoms with Crippen LogP contribution in [0.25, 0.3) is 0 Å². The van der Waals surface area contributed by atoms with Gasteiger partial charge in [-0.05, 0) is 48.5 Å². The molecular weight excluding hydrogens is 821 g/mol. The van der Waals surface area contributed by atoms with E-state index in [0.717, 1.165) is 0 Å². The van der Waals surface area contributed by atoms with E-state index in [0.29, 0.717) is 22.3 Å². The van der Waals surface area contributed by atoms with Crippen LogP contribution in [-0.2, 0) is 0 Å². The molecule has 0 saturated carbocycles. The number of nitrogens with one attached hydrogen (secondary N) is 6. The van der Waals surface area contributed by atoms with E-state index < -0.39 is 47.3 Å². The van der Waals surface area contributed by atoms with Crippen LogP contribution in [-0.4, -0.2) is 84.9 Å². The number of hydrogen-bond donors (Lipinski definition) is 10. The van der Waals surface area contributed by atoms with Gasteiger partial charge in [0.2, 0.25) is 23.6 Å². The van der Waals surface area contributed by atoms with Crippen LogP contribution in [0.2, 0.25) is 0 Å². The van der Waals surface area contributed by atoms with Crippen molar-refractivity contribution in [1.82, 2.24) is 21.3 Å². The van der Waals surface area contributed by atoms with Crippen molar-refractivity contribution < 1.29 is 38.4 Å². The van der Waals surface area contributed by atoms with Gasteiger partial charge in [-0.15, -0.1) is 26.3 Å². The molecule has 0 spiro atoms. The number of carbonyl (C=O) groups excluding carboxylic acids is 8. The molecule has 8 amide bonds. The van der Waals surface area contributed by atoms with Crippen molar-refractivity contribution in [1.29, 1.82) is 10.8 Å². The van der Waals surface area contributed by atoms with Crippen molar-refractivity contribution in [3.8, 4) is 0 Å². The molecule has 0 heterocycles. The summed E-state index contributed by atoms with van der Waals surface area (Å²) in [7, 11) is 0. The molecule has 328 valence electrons. The lowest BCUT2D eigenvalue weighted by atomic mass is 9.94. The van der Waals surface area contributed by atoms with Crippen LogP contribution < -0.4 is 44.2 Å². The summed E-state index contributed by atoms with van der Waals surface area (Å²) in [6, 6.07) is 16.7. The summed E-state index contributed by atoms with van der Waals surface area (Å²) in [6.45, 7) is 14.8. The Morgan fingerprint density at radius 3 is 0.719 bits per heavy atom. The Labute approximate surface area is 367 Å². The molecule has 14 N–H and O–H groups in total. The molecule has 0 aliphatic carbocycles. The van der Waals surface area contributed by atoms with Gasteiger partial charge in [0.05, 0.1) is 55.9 Å². The predicted molar refractivity (Wildman–Crippen MR) is 242 cm³/mol. The minimum absolute atomic E-state index is 0.000643. The summed E-state index contributed by atoms with van der Waals surface area (Å²) in [5, 5.41) is 27.4. The lowest BCUT2D eigenvalue weighted by molar-refractivity contribution is 0.0938. The largest absolute Gasteiger partial charge is 0.366 e. The third-order valence-electron chi connectivity index (χ3n) is 8.90. The standard InChI is InChI=1S/2C23H23N5O4/c2*1-3-9-27-22(31)17-11-13(5-7-15(17)20(25)29)19(24)14-6-8-16(21(26)30)18(12-14)23(32)28-10-4-2/h2*3-8,11-12,24H,1-2,9-10H2,(H2,25,29)(H2,26,30)(H,27,31)(H,28,32). The molecule has 64 heavy (non-hydrogen) atoms. The highest BCUT2D eigenvalue weighted by atomic mass is 16.2. The fourth-order valence-electron chi connectivity index (χ4n) is 5.78. The van der Waals surface area contributed by atoms with Gasteiger partial charge in [-0.2, -0.15) is 0 Å². The molecule has 4 rings (SSSR count). The summed E-state index contributed by atoms with van der Waals surface area (Å²) in [5.74, 6) is -5.39. The molecule has 18 nitrogen and oxygen atoms in total. The first-order valence-electron chi connectivity index (χ1n) is 18.9. The Morgan fingerprint density at radius 2 is 0.562 bits per heavy atom. The summed E-state index contributed by atoms with van der Waals surface area (Å²) in [4.78, 5) is 96.7. The van der Waals surface area contributed by atoms with Crippen LogP contribution in [0.3, 0.4) is 0 Å². The fourth-order valence-corrected chi connectivity index (χ4v) is 5.78. The molecule has 4 aromatic rings. The zero-order valence-electron chi connectivity index (χ0n) is 34.5. The van der Waals surface area contributed by atoms with E-state index in [2.05, 4.69) is 47.6 Å². The number of nitrogens with two attached hydrogens (primary N) is 4. The zero-order valence-corrected chi connectivity index (χ0v) is 34.5. The van der Waals surface area contributed by atoms with Crippen molar-refractivity contribution in [3.63, 3.8) is 0 Å². The van der Waals surface area contributed by atoms with Crippen LogP contribution in [0.4, 0.5) is 0 Å². The second kappa shape index (κ2) is 23.1. The first-order valence-corrected chi connectivity index (χ1v) is 18.9. The third-order valence-corrected chi connectivity index (χ3v) is 8.90. The van der Waals surface area contributed by atoms with Gasteiger partial charge >= 0.3 is 0 Å². The van der Waals surface area contributed by atoms with Gasteiger partial charge in [-0.1, -0.05) is 48.6 Å². The van der Waals surface area contributed by atoms with E-state index in [1.165, 1.54) is 97.1 Å². The maximum absolute atomic E-state index is 12.5. The number of rotatable bonds is 20. The zero-order chi connectivity index (χ0) is 47.7. The maximum atomic E-state index is 12.5. The predicted octanol–water partition coefficient (Wildman–Crippen LogP) is 2.26. The molecule has 0 atom stereocenters. The SMILES string of the molecule is C=CCNC(=O)c1cc(C(=N)c2ccc(C(N)=O)c(C(=O)NCC=C)c2)ccc1C(N)=O.C=CCNC(=O)c1cc(C(=N)c2ccc(C(N)=O)c(C(=O)NCC=C)c2)ccc1C(N)=O. The van der Waals surface area contributed by atoms with Gasteiger partial charge in [0, 0.05) is 48.4 Å². The summed E-state index contributed by atoms with van der Waals surface area (Å²) in [6.07, 6.45) is 5.92. The number of benzene rings is 4. The second-order valence-electron chi connectivity index (χ2n) is 13.2. The molecule has 0 aromatic heterocycles. The van der Waals surface area contributed by atoms with Crippen LogP contribution in [0.1, 0.15) is 105 Å². The van der Waals surface area contributed by atoms with Crippen molar-refractivity contribution >= 4 is 58.7 Å². The molecule has 0 saturated heterocycles. The molecule has 0 fully saturated rings. The highest BCUT2D eigenvalue weighted by Gasteiger charge is 2.22. The van der Waals surface area contributed by atoms with Gasteiger partial charge in [0.25, 0.3) is 23.6 Å². The van der Waals surface area contributed by atoms with Crippen LogP contribution in [0, 0.1) is 10.8 Å². The number of amides is 8. The van der Waals surface area contributed by atoms with E-state index in [9.17, 15) is 38.4 Å². The van der Waals surface area contributed by atoms with E-state index in [1.807, 2.05) is 0 Å². The van der Waals surface area contributed by atoms with Gasteiger partial charge in [0.15, 0.2) is 0 Å². The van der Waals surface area contributed by atoms with Crippen molar-refractivity contribution in [2.45, 2.75) is 0 Å². The first kappa shape index (κ1) is 49.3. The molecule has 4 aromatic carbocycles. The Hall–Kier alpha value is -9.06. The molecule has 0 radical (unpaired) electrons. The van der Waals surface area contributed by atoms with Gasteiger partial charge in [0.1, 0.15) is 0 Å². The highest BCUT2D eigenvalue weighted by Crippen LogP contribution is 2.21. The van der Waals surface area contributed by atoms with E-state index >= 15 is 0 Å². The van der Waals surface area contributed by atoms with Crippen LogP contribution in [0.15, 0.2) is 123 Å². The minimum atomic E-state index is -0.793. The van der Waals surface area contributed by atoms with Gasteiger partial charge in [-0.25, -0.2) is 0 Å². The smallest absolute Gasteiger partial charge is 0.252 e. The highest BCUT2D eigenvalue weighted by molar-refractivity contribution is 6.17. The van der Waals surface area contributed by atoms with Crippen LogP contribution >= 0.6 is 0 Å².